The molecule has 0 fully saturated rings. The molecule has 0 spiro atoms. The standard InChI is InChI=1S/C11H14NO4/c1-3-16-11-5-4-9(8(2)7-13)6-10(11)12(14)15/h4-6,13H,3,7H2,1-2H3. The van der Waals surface area contributed by atoms with E-state index in [1.807, 2.05) is 0 Å². The second kappa shape index (κ2) is 5.46. The second-order valence-electron chi connectivity index (χ2n) is 3.31. The Labute approximate surface area is 93.8 Å². The maximum Gasteiger partial charge on any atom is 0.311 e. The van der Waals surface area contributed by atoms with Crippen molar-refractivity contribution in [3.8, 4) is 5.75 Å². The summed E-state index contributed by atoms with van der Waals surface area (Å²) in [6, 6.07) is 4.66. The average molecular weight is 224 g/mol. The summed E-state index contributed by atoms with van der Waals surface area (Å²) in [7, 11) is 0. The third-order valence-corrected chi connectivity index (χ3v) is 2.19. The van der Waals surface area contributed by atoms with Gasteiger partial charge in [-0.15, -0.1) is 0 Å². The van der Waals surface area contributed by atoms with E-state index in [0.29, 0.717) is 18.1 Å². The SMILES string of the molecule is CCOc1ccc([C](C)CO)cc1[N+](=O)[O-]. The lowest BCUT2D eigenvalue weighted by atomic mass is 10.0. The molecule has 0 aromatic heterocycles. The van der Waals surface area contributed by atoms with E-state index in [4.69, 9.17) is 9.84 Å². The Morgan fingerprint density at radius 3 is 2.75 bits per heavy atom. The van der Waals surface area contributed by atoms with Crippen LogP contribution in [0.25, 0.3) is 0 Å². The Bertz CT molecular complexity index is 378. The van der Waals surface area contributed by atoms with Crippen molar-refractivity contribution in [3.63, 3.8) is 0 Å². The molecule has 1 N–H and O–H groups in total. The van der Waals surface area contributed by atoms with E-state index in [1.54, 1.807) is 26.0 Å². The Hall–Kier alpha value is -1.62. The number of hydrogen-bond donors (Lipinski definition) is 1. The van der Waals surface area contributed by atoms with E-state index >= 15 is 0 Å². The van der Waals surface area contributed by atoms with Gasteiger partial charge in [0.25, 0.3) is 0 Å². The van der Waals surface area contributed by atoms with Crippen molar-refractivity contribution < 1.29 is 14.8 Å². The maximum atomic E-state index is 10.8. The van der Waals surface area contributed by atoms with Crippen molar-refractivity contribution in [2.45, 2.75) is 13.8 Å². The van der Waals surface area contributed by atoms with Gasteiger partial charge in [-0.25, -0.2) is 0 Å². The van der Waals surface area contributed by atoms with E-state index < -0.39 is 4.92 Å². The summed E-state index contributed by atoms with van der Waals surface area (Å²) in [6.07, 6.45) is 0. The van der Waals surface area contributed by atoms with Gasteiger partial charge in [0.05, 0.1) is 18.1 Å². The van der Waals surface area contributed by atoms with Crippen LogP contribution in [0.4, 0.5) is 5.69 Å². The topological polar surface area (TPSA) is 72.6 Å². The predicted octanol–water partition coefficient (Wildman–Crippen LogP) is 1.93. The van der Waals surface area contributed by atoms with Crippen LogP contribution in [0, 0.1) is 16.0 Å². The first-order chi connectivity index (χ1) is 7.60. The van der Waals surface area contributed by atoms with Gasteiger partial charge in [-0.05, 0) is 18.6 Å². The fourth-order valence-corrected chi connectivity index (χ4v) is 1.29. The summed E-state index contributed by atoms with van der Waals surface area (Å²) in [5.74, 6) is 0.938. The van der Waals surface area contributed by atoms with Crippen molar-refractivity contribution in [1.82, 2.24) is 0 Å². The van der Waals surface area contributed by atoms with Crippen molar-refractivity contribution in [2.75, 3.05) is 13.2 Å². The molecule has 0 amide bonds. The lowest BCUT2D eigenvalue weighted by Gasteiger charge is -2.09. The molecule has 87 valence electrons. The molecular formula is C11H14NO4. The van der Waals surface area contributed by atoms with Gasteiger partial charge in [-0.2, -0.15) is 0 Å². The van der Waals surface area contributed by atoms with E-state index in [9.17, 15) is 10.1 Å². The fourth-order valence-electron chi connectivity index (χ4n) is 1.29. The number of ether oxygens (including phenoxy) is 1. The van der Waals surface area contributed by atoms with Gasteiger partial charge < -0.3 is 9.84 Å². The Balaban J connectivity index is 3.12. The van der Waals surface area contributed by atoms with Gasteiger partial charge in [0.15, 0.2) is 5.75 Å². The number of aliphatic hydroxyl groups excluding tert-OH is 1. The number of aliphatic hydroxyl groups is 1. The van der Waals surface area contributed by atoms with Crippen LogP contribution in [0.1, 0.15) is 19.4 Å². The molecule has 5 nitrogen and oxygen atoms in total. The maximum absolute atomic E-state index is 10.8. The van der Waals surface area contributed by atoms with Crippen LogP contribution < -0.4 is 4.74 Å². The van der Waals surface area contributed by atoms with Crippen molar-refractivity contribution in [3.05, 3.63) is 39.8 Å². The summed E-state index contributed by atoms with van der Waals surface area (Å²) in [6.45, 7) is 3.75. The molecule has 1 aromatic rings. The minimum atomic E-state index is -0.487. The molecule has 0 aliphatic heterocycles. The molecule has 5 heteroatoms. The molecular weight excluding hydrogens is 210 g/mol. The largest absolute Gasteiger partial charge is 0.487 e. The predicted molar refractivity (Wildman–Crippen MR) is 59.4 cm³/mol. The second-order valence-corrected chi connectivity index (χ2v) is 3.31. The van der Waals surface area contributed by atoms with Gasteiger partial charge in [0.1, 0.15) is 0 Å². The first kappa shape index (κ1) is 12.4. The van der Waals surface area contributed by atoms with Crippen LogP contribution in [0.5, 0.6) is 5.75 Å². The Morgan fingerprint density at radius 2 is 2.25 bits per heavy atom. The van der Waals surface area contributed by atoms with Crippen LogP contribution in [-0.4, -0.2) is 23.2 Å². The third-order valence-electron chi connectivity index (χ3n) is 2.19. The van der Waals surface area contributed by atoms with E-state index in [-0.39, 0.29) is 18.0 Å². The van der Waals surface area contributed by atoms with Gasteiger partial charge in [0.2, 0.25) is 0 Å². The van der Waals surface area contributed by atoms with Gasteiger partial charge in [-0.1, -0.05) is 13.0 Å². The molecule has 0 heterocycles. The van der Waals surface area contributed by atoms with Crippen LogP contribution in [-0.2, 0) is 0 Å². The molecule has 0 atom stereocenters. The average Bonchev–Trinajstić information content (AvgIpc) is 2.28. The lowest BCUT2D eigenvalue weighted by molar-refractivity contribution is -0.385. The normalized spacial score (nSPS) is 10.5. The number of benzene rings is 1. The number of hydrogen-bond acceptors (Lipinski definition) is 4. The highest BCUT2D eigenvalue weighted by Crippen LogP contribution is 2.30. The molecule has 0 saturated heterocycles. The highest BCUT2D eigenvalue weighted by molar-refractivity contribution is 5.51. The first-order valence-electron chi connectivity index (χ1n) is 4.95. The van der Waals surface area contributed by atoms with Crippen molar-refractivity contribution in [1.29, 1.82) is 0 Å². The third kappa shape index (κ3) is 2.70. The zero-order chi connectivity index (χ0) is 12.1. The van der Waals surface area contributed by atoms with Crippen molar-refractivity contribution in [2.24, 2.45) is 0 Å². The molecule has 0 saturated carbocycles. The van der Waals surface area contributed by atoms with E-state index in [2.05, 4.69) is 0 Å². The smallest absolute Gasteiger partial charge is 0.311 e. The minimum absolute atomic E-state index is 0.0767. The molecule has 0 unspecified atom stereocenters. The highest BCUT2D eigenvalue weighted by atomic mass is 16.6. The molecule has 1 rings (SSSR count). The summed E-state index contributed by atoms with van der Waals surface area (Å²) < 4.78 is 5.15. The Morgan fingerprint density at radius 1 is 1.56 bits per heavy atom. The lowest BCUT2D eigenvalue weighted by Crippen LogP contribution is -2.03. The van der Waals surface area contributed by atoms with Gasteiger partial charge >= 0.3 is 5.69 Å². The van der Waals surface area contributed by atoms with Gasteiger partial charge in [0, 0.05) is 12.0 Å². The zero-order valence-electron chi connectivity index (χ0n) is 9.27. The summed E-state index contributed by atoms with van der Waals surface area (Å²) in [5, 5.41) is 19.8. The van der Waals surface area contributed by atoms with Crippen LogP contribution in [0.15, 0.2) is 18.2 Å². The van der Waals surface area contributed by atoms with Crippen LogP contribution in [0.3, 0.4) is 0 Å². The fraction of sp³-hybridized carbons (Fsp3) is 0.364. The van der Waals surface area contributed by atoms with E-state index in [1.165, 1.54) is 6.07 Å². The highest BCUT2D eigenvalue weighted by Gasteiger charge is 2.17. The van der Waals surface area contributed by atoms with Crippen LogP contribution in [0.2, 0.25) is 0 Å². The van der Waals surface area contributed by atoms with Gasteiger partial charge in [-0.3, -0.25) is 10.1 Å². The number of nitro groups is 1. The van der Waals surface area contributed by atoms with E-state index in [0.717, 1.165) is 0 Å². The zero-order valence-corrected chi connectivity index (χ0v) is 9.27. The van der Waals surface area contributed by atoms with Crippen LogP contribution >= 0.6 is 0 Å². The molecule has 0 bridgehead atoms. The Kier molecular flexibility index (Phi) is 4.25. The number of nitrogens with zero attached hydrogens (tertiary/aromatic N) is 1. The molecule has 0 aliphatic carbocycles. The molecule has 0 aliphatic rings. The monoisotopic (exact) mass is 224 g/mol. The number of nitro benzene ring substituents is 1. The first-order valence-corrected chi connectivity index (χ1v) is 4.95. The summed E-state index contributed by atoms with van der Waals surface area (Å²) in [5.41, 5.74) is 0.574. The van der Waals surface area contributed by atoms with Crippen molar-refractivity contribution >= 4 is 5.69 Å². The summed E-state index contributed by atoms with van der Waals surface area (Å²) in [4.78, 5) is 10.3. The summed E-state index contributed by atoms with van der Waals surface area (Å²) >= 11 is 0. The molecule has 1 radical (unpaired) electrons. The molecule has 1 aromatic carbocycles. The quantitative estimate of drug-likeness (QED) is 0.612. The number of rotatable bonds is 5. The minimum Gasteiger partial charge on any atom is -0.487 e. The molecule has 16 heavy (non-hydrogen) atoms.